The molecule has 12 heteroatoms. The number of hydrazine groups is 1. The van der Waals surface area contributed by atoms with Crippen molar-refractivity contribution in [2.24, 2.45) is 4.99 Å². The Bertz CT molecular complexity index is 1380. The van der Waals surface area contributed by atoms with Crippen LogP contribution in [0.4, 0.5) is 17.6 Å². The molecular weight excluding hydrogens is 610 g/mol. The van der Waals surface area contributed by atoms with Gasteiger partial charge in [0.05, 0.1) is 12.2 Å². The minimum absolute atomic E-state index is 0.000734. The normalized spacial score (nSPS) is 18.5. The molecule has 3 aromatic rings. The maximum Gasteiger partial charge on any atom is 0.416 e. The van der Waals surface area contributed by atoms with E-state index < -0.39 is 35.1 Å². The molecule has 0 aliphatic carbocycles. The van der Waals surface area contributed by atoms with Crippen molar-refractivity contribution in [1.82, 2.24) is 10.9 Å². The van der Waals surface area contributed by atoms with Crippen LogP contribution in [0.3, 0.4) is 0 Å². The SMILES string of the molecule is C[C@@H]1OC(c2ccc(OCCCO)cc2)=N[C@]1(Cc1ccc(Br)cc1)C(=O)NNCc1cc(F)cc(C(F)(F)F)c1. The fourth-order valence-corrected chi connectivity index (χ4v) is 4.57. The van der Waals surface area contributed by atoms with Gasteiger partial charge < -0.3 is 14.6 Å². The highest BCUT2D eigenvalue weighted by Crippen LogP contribution is 2.33. The Morgan fingerprint density at radius 2 is 1.80 bits per heavy atom. The largest absolute Gasteiger partial charge is 0.494 e. The Morgan fingerprint density at radius 3 is 2.46 bits per heavy atom. The second kappa shape index (κ2) is 13.0. The van der Waals surface area contributed by atoms with Gasteiger partial charge in [0.25, 0.3) is 5.91 Å². The Kier molecular flexibility index (Phi) is 9.67. The second-order valence-electron chi connectivity index (χ2n) is 9.51. The summed E-state index contributed by atoms with van der Waals surface area (Å²) in [5.41, 5.74) is 4.02. The predicted molar refractivity (Wildman–Crippen MR) is 148 cm³/mol. The molecule has 3 N–H and O–H groups in total. The van der Waals surface area contributed by atoms with E-state index in [4.69, 9.17) is 19.6 Å². The third-order valence-electron chi connectivity index (χ3n) is 6.49. The first-order chi connectivity index (χ1) is 19.5. The summed E-state index contributed by atoms with van der Waals surface area (Å²) in [6.45, 7) is 1.84. The molecule has 0 spiro atoms. The molecule has 0 saturated heterocycles. The van der Waals surface area contributed by atoms with Gasteiger partial charge in [0.15, 0.2) is 5.54 Å². The summed E-state index contributed by atoms with van der Waals surface area (Å²) >= 11 is 3.40. The van der Waals surface area contributed by atoms with Crippen molar-refractivity contribution < 1.29 is 36.9 Å². The standard InChI is InChI=1S/C29H28BrF4N3O4/c1-18-28(16-19-3-7-23(30)8-4-19,36-26(41-18)21-5-9-25(10-6-21)40-12-2-11-38)27(39)37-35-17-20-13-22(29(32,33)34)15-24(31)14-20/h3-10,13-15,18,35,38H,2,11-12,16-17H2,1H3,(H,37,39)/t18-,28-/m0/s1. The number of amides is 1. The van der Waals surface area contributed by atoms with Crippen molar-refractivity contribution in [2.45, 2.75) is 44.1 Å². The van der Waals surface area contributed by atoms with Crippen molar-refractivity contribution in [3.63, 3.8) is 0 Å². The number of alkyl halides is 3. The molecule has 0 radical (unpaired) electrons. The highest BCUT2D eigenvalue weighted by molar-refractivity contribution is 9.10. The van der Waals surface area contributed by atoms with Crippen LogP contribution >= 0.6 is 15.9 Å². The van der Waals surface area contributed by atoms with Crippen LogP contribution in [0.25, 0.3) is 0 Å². The van der Waals surface area contributed by atoms with E-state index in [2.05, 4.69) is 26.8 Å². The summed E-state index contributed by atoms with van der Waals surface area (Å²) in [5.74, 6) is -0.764. The molecule has 0 fully saturated rings. The fourth-order valence-electron chi connectivity index (χ4n) is 4.31. The fraction of sp³-hybridized carbons (Fsp3) is 0.310. The summed E-state index contributed by atoms with van der Waals surface area (Å²) in [4.78, 5) is 18.4. The zero-order valence-electron chi connectivity index (χ0n) is 22.0. The number of nitrogens with one attached hydrogen (secondary N) is 2. The van der Waals surface area contributed by atoms with E-state index in [1.807, 2.05) is 24.3 Å². The lowest BCUT2D eigenvalue weighted by molar-refractivity contribution is -0.138. The number of carbonyl (C=O) groups is 1. The summed E-state index contributed by atoms with van der Waals surface area (Å²) in [5, 5.41) is 8.93. The number of rotatable bonds is 11. The molecule has 218 valence electrons. The Hall–Kier alpha value is -3.48. The lowest BCUT2D eigenvalue weighted by Gasteiger charge is -2.28. The number of nitrogens with zero attached hydrogens (tertiary/aromatic N) is 1. The number of hydrogen-bond acceptors (Lipinski definition) is 6. The lowest BCUT2D eigenvalue weighted by atomic mass is 9.86. The van der Waals surface area contributed by atoms with E-state index in [0.29, 0.717) is 30.4 Å². The van der Waals surface area contributed by atoms with Gasteiger partial charge in [-0.3, -0.25) is 10.2 Å². The maximum atomic E-state index is 13.8. The van der Waals surface area contributed by atoms with Gasteiger partial charge in [0.1, 0.15) is 17.7 Å². The average molecular weight is 638 g/mol. The zero-order chi connectivity index (χ0) is 29.6. The first-order valence-electron chi connectivity index (χ1n) is 12.8. The minimum atomic E-state index is -4.71. The Morgan fingerprint density at radius 1 is 1.10 bits per heavy atom. The minimum Gasteiger partial charge on any atom is -0.494 e. The molecule has 41 heavy (non-hydrogen) atoms. The van der Waals surface area contributed by atoms with Gasteiger partial charge in [0, 0.05) is 36.0 Å². The van der Waals surface area contributed by atoms with Crippen molar-refractivity contribution in [2.75, 3.05) is 13.2 Å². The first kappa shape index (κ1) is 30.5. The highest BCUT2D eigenvalue weighted by atomic mass is 79.9. The van der Waals surface area contributed by atoms with Crippen LogP contribution in [0.2, 0.25) is 0 Å². The van der Waals surface area contributed by atoms with Crippen LogP contribution in [0.1, 0.15) is 35.6 Å². The first-order valence-corrected chi connectivity index (χ1v) is 13.5. The molecule has 0 bridgehead atoms. The summed E-state index contributed by atoms with van der Waals surface area (Å²) in [6.07, 6.45) is -4.76. The quantitative estimate of drug-likeness (QED) is 0.150. The highest BCUT2D eigenvalue weighted by Gasteiger charge is 2.50. The van der Waals surface area contributed by atoms with E-state index in [1.165, 1.54) is 0 Å². The number of halogens is 5. The van der Waals surface area contributed by atoms with E-state index >= 15 is 0 Å². The molecule has 1 heterocycles. The number of aliphatic hydroxyl groups is 1. The van der Waals surface area contributed by atoms with Crippen molar-refractivity contribution in [1.29, 1.82) is 0 Å². The van der Waals surface area contributed by atoms with Crippen LogP contribution in [-0.2, 0) is 28.7 Å². The van der Waals surface area contributed by atoms with Gasteiger partial charge in [-0.1, -0.05) is 28.1 Å². The molecule has 0 aromatic heterocycles. The molecule has 1 amide bonds. The van der Waals surface area contributed by atoms with Crippen LogP contribution in [0.15, 0.2) is 76.2 Å². The molecule has 2 atom stereocenters. The summed E-state index contributed by atoms with van der Waals surface area (Å²) < 4.78 is 65.6. The van der Waals surface area contributed by atoms with Gasteiger partial charge in [-0.25, -0.2) is 14.8 Å². The predicted octanol–water partition coefficient (Wildman–Crippen LogP) is 5.34. The molecule has 0 saturated carbocycles. The maximum absolute atomic E-state index is 13.8. The van der Waals surface area contributed by atoms with Crippen molar-refractivity contribution in [3.05, 3.63) is 99.3 Å². The van der Waals surface area contributed by atoms with Gasteiger partial charge >= 0.3 is 6.18 Å². The van der Waals surface area contributed by atoms with Crippen molar-refractivity contribution >= 4 is 27.7 Å². The van der Waals surface area contributed by atoms with E-state index in [0.717, 1.165) is 22.2 Å². The summed E-state index contributed by atoms with van der Waals surface area (Å²) in [6, 6.07) is 16.5. The molecule has 0 unspecified atom stereocenters. The van der Waals surface area contributed by atoms with E-state index in [1.54, 1.807) is 31.2 Å². The summed E-state index contributed by atoms with van der Waals surface area (Å²) in [7, 11) is 0. The third kappa shape index (κ3) is 7.63. The van der Waals surface area contributed by atoms with Gasteiger partial charge in [-0.2, -0.15) is 13.2 Å². The molecule has 4 rings (SSSR count). The van der Waals surface area contributed by atoms with Crippen LogP contribution in [0, 0.1) is 5.82 Å². The molecule has 7 nitrogen and oxygen atoms in total. The number of aliphatic hydroxyl groups excluding tert-OH is 1. The smallest absolute Gasteiger partial charge is 0.416 e. The van der Waals surface area contributed by atoms with Crippen LogP contribution < -0.4 is 15.6 Å². The van der Waals surface area contributed by atoms with Crippen LogP contribution in [-0.4, -0.2) is 41.8 Å². The second-order valence-corrected chi connectivity index (χ2v) is 10.4. The van der Waals surface area contributed by atoms with Gasteiger partial charge in [-0.05, 0) is 72.6 Å². The number of hydrogen-bond donors (Lipinski definition) is 3. The van der Waals surface area contributed by atoms with Crippen LogP contribution in [0.5, 0.6) is 5.75 Å². The van der Waals surface area contributed by atoms with Crippen molar-refractivity contribution in [3.8, 4) is 5.75 Å². The van der Waals surface area contributed by atoms with E-state index in [-0.39, 0.29) is 31.0 Å². The lowest BCUT2D eigenvalue weighted by Crippen LogP contribution is -2.55. The van der Waals surface area contributed by atoms with Gasteiger partial charge in [-0.15, -0.1) is 0 Å². The average Bonchev–Trinajstić information content (AvgIpc) is 3.26. The number of aliphatic imine (C=N–C) groups is 1. The number of ether oxygens (including phenoxy) is 2. The molecular formula is C29H28BrF4N3O4. The molecule has 1 aliphatic rings. The van der Waals surface area contributed by atoms with E-state index in [9.17, 15) is 22.4 Å². The monoisotopic (exact) mass is 637 g/mol. The zero-order valence-corrected chi connectivity index (χ0v) is 23.6. The third-order valence-corrected chi connectivity index (χ3v) is 7.02. The topological polar surface area (TPSA) is 92.2 Å². The molecule has 3 aromatic carbocycles. The molecule has 1 aliphatic heterocycles. The number of benzene rings is 3. The Labute approximate surface area is 242 Å². The Balaban J connectivity index is 1.56. The number of carbonyl (C=O) groups excluding carboxylic acids is 1. The van der Waals surface area contributed by atoms with Gasteiger partial charge in [0.2, 0.25) is 5.90 Å².